The lowest BCUT2D eigenvalue weighted by Crippen LogP contribution is -2.17. The Morgan fingerprint density at radius 2 is 2.04 bits per heavy atom. The molecular weight excluding hydrogens is 311 g/mol. The number of carbonyl (C=O) groups is 1. The molecule has 0 aliphatic rings. The van der Waals surface area contributed by atoms with Crippen molar-refractivity contribution in [2.45, 2.75) is 6.30 Å². The molecule has 0 aliphatic heterocycles. The average molecular weight is 321 g/mol. The summed E-state index contributed by atoms with van der Waals surface area (Å²) in [5.74, 6) is -0.761. The van der Waals surface area contributed by atoms with Crippen LogP contribution in [0.2, 0.25) is 0 Å². The SMILES string of the molecule is NC(=O)c1cccc(-c2cnc[nH]2)c1-c1ccn(C(F)(F)F)n1. The standard InChI is InChI=1S/C14H10F3N5O/c15-14(16,17)22-5-4-10(21-22)12-8(11-6-19-7-20-11)2-1-3-9(12)13(18)23/h1-7H,(H2,18,23)(H,19,20). The van der Waals surface area contributed by atoms with E-state index in [1.54, 1.807) is 12.1 Å². The van der Waals surface area contributed by atoms with Gasteiger partial charge in [0.05, 0.1) is 23.9 Å². The molecule has 0 aliphatic carbocycles. The van der Waals surface area contributed by atoms with Gasteiger partial charge in [-0.2, -0.15) is 9.78 Å². The second-order valence-electron chi connectivity index (χ2n) is 4.67. The van der Waals surface area contributed by atoms with Gasteiger partial charge in [0.1, 0.15) is 0 Å². The highest BCUT2D eigenvalue weighted by molar-refractivity contribution is 6.03. The van der Waals surface area contributed by atoms with E-state index in [0.717, 1.165) is 6.20 Å². The predicted octanol–water partition coefficient (Wildman–Crippen LogP) is 2.52. The number of alkyl halides is 3. The third-order valence-corrected chi connectivity index (χ3v) is 3.22. The number of amides is 1. The van der Waals surface area contributed by atoms with Gasteiger partial charge in [0.15, 0.2) is 0 Å². The van der Waals surface area contributed by atoms with E-state index in [0.29, 0.717) is 11.3 Å². The fourth-order valence-electron chi connectivity index (χ4n) is 2.26. The molecule has 3 rings (SSSR count). The van der Waals surface area contributed by atoms with Crippen molar-refractivity contribution in [3.63, 3.8) is 0 Å². The quantitative estimate of drug-likeness (QED) is 0.776. The molecule has 23 heavy (non-hydrogen) atoms. The van der Waals surface area contributed by atoms with E-state index < -0.39 is 12.2 Å². The normalized spacial score (nSPS) is 11.6. The number of nitrogens with zero attached hydrogens (tertiary/aromatic N) is 3. The second-order valence-corrected chi connectivity index (χ2v) is 4.67. The maximum Gasteiger partial charge on any atom is 0.504 e. The Labute approximate surface area is 127 Å². The van der Waals surface area contributed by atoms with Crippen molar-refractivity contribution in [2.24, 2.45) is 5.73 Å². The highest BCUT2D eigenvalue weighted by Gasteiger charge is 2.32. The molecule has 2 aromatic heterocycles. The number of primary amides is 1. The summed E-state index contributed by atoms with van der Waals surface area (Å²) in [6.07, 6.45) is -0.952. The van der Waals surface area contributed by atoms with Crippen molar-refractivity contribution < 1.29 is 18.0 Å². The Morgan fingerprint density at radius 1 is 1.26 bits per heavy atom. The van der Waals surface area contributed by atoms with E-state index >= 15 is 0 Å². The third kappa shape index (κ3) is 2.68. The van der Waals surface area contributed by atoms with Gasteiger partial charge < -0.3 is 10.7 Å². The number of nitrogens with one attached hydrogen (secondary N) is 1. The van der Waals surface area contributed by atoms with Gasteiger partial charge in [0, 0.05) is 22.9 Å². The van der Waals surface area contributed by atoms with Crippen molar-refractivity contribution >= 4 is 5.91 Å². The van der Waals surface area contributed by atoms with Gasteiger partial charge >= 0.3 is 6.30 Å². The van der Waals surface area contributed by atoms with Crippen LogP contribution in [0.5, 0.6) is 0 Å². The summed E-state index contributed by atoms with van der Waals surface area (Å²) in [5, 5.41) is 3.51. The van der Waals surface area contributed by atoms with Gasteiger partial charge in [0.25, 0.3) is 0 Å². The number of halogens is 3. The first kappa shape index (κ1) is 14.8. The molecule has 2 heterocycles. The summed E-state index contributed by atoms with van der Waals surface area (Å²) in [7, 11) is 0. The molecule has 6 nitrogen and oxygen atoms in total. The molecule has 9 heteroatoms. The molecule has 0 saturated heterocycles. The van der Waals surface area contributed by atoms with Crippen LogP contribution in [-0.2, 0) is 6.30 Å². The Morgan fingerprint density at radius 3 is 2.61 bits per heavy atom. The van der Waals surface area contributed by atoms with E-state index in [4.69, 9.17) is 5.73 Å². The maximum atomic E-state index is 12.7. The van der Waals surface area contributed by atoms with E-state index in [9.17, 15) is 18.0 Å². The van der Waals surface area contributed by atoms with E-state index in [-0.39, 0.29) is 21.5 Å². The largest absolute Gasteiger partial charge is 0.504 e. The van der Waals surface area contributed by atoms with Crippen LogP contribution in [0.25, 0.3) is 22.5 Å². The Kier molecular flexibility index (Phi) is 3.40. The number of carbonyl (C=O) groups excluding carboxylic acids is 1. The molecule has 0 atom stereocenters. The summed E-state index contributed by atoms with van der Waals surface area (Å²) in [6, 6.07) is 5.84. The molecule has 0 bridgehead atoms. The highest BCUT2D eigenvalue weighted by atomic mass is 19.4. The average Bonchev–Trinajstić information content (AvgIpc) is 3.17. The topological polar surface area (TPSA) is 89.6 Å². The van der Waals surface area contributed by atoms with Crippen LogP contribution in [0.15, 0.2) is 43.0 Å². The lowest BCUT2D eigenvalue weighted by Gasteiger charge is -2.10. The van der Waals surface area contributed by atoms with E-state index in [1.165, 1.54) is 24.7 Å². The minimum absolute atomic E-state index is 0.0127. The van der Waals surface area contributed by atoms with E-state index in [2.05, 4.69) is 15.1 Å². The number of rotatable bonds is 3. The second kappa shape index (κ2) is 5.27. The van der Waals surface area contributed by atoms with Crippen LogP contribution in [-0.4, -0.2) is 25.7 Å². The molecule has 0 radical (unpaired) electrons. The summed E-state index contributed by atoms with van der Waals surface area (Å²) >= 11 is 0. The molecule has 3 N–H and O–H groups in total. The van der Waals surface area contributed by atoms with Crippen LogP contribution in [0.3, 0.4) is 0 Å². The number of hydrogen-bond acceptors (Lipinski definition) is 3. The maximum absolute atomic E-state index is 12.7. The fraction of sp³-hybridized carbons (Fsp3) is 0.0714. The van der Waals surface area contributed by atoms with Gasteiger partial charge in [0.2, 0.25) is 5.91 Å². The zero-order chi connectivity index (χ0) is 16.6. The minimum Gasteiger partial charge on any atom is -0.366 e. The number of nitrogens with two attached hydrogens (primary N) is 1. The number of benzene rings is 1. The Hall–Kier alpha value is -3.10. The lowest BCUT2D eigenvalue weighted by molar-refractivity contribution is -0.212. The molecule has 1 amide bonds. The van der Waals surface area contributed by atoms with Gasteiger partial charge in [-0.25, -0.2) is 4.98 Å². The number of imidazole rings is 1. The van der Waals surface area contributed by atoms with Crippen LogP contribution < -0.4 is 5.73 Å². The monoisotopic (exact) mass is 321 g/mol. The number of H-pyrrole nitrogens is 1. The predicted molar refractivity (Wildman–Crippen MR) is 75.1 cm³/mol. The van der Waals surface area contributed by atoms with Crippen molar-refractivity contribution in [3.05, 3.63) is 48.5 Å². The van der Waals surface area contributed by atoms with Gasteiger partial charge in [-0.1, -0.05) is 12.1 Å². The molecule has 3 aromatic rings. The molecule has 1 aromatic carbocycles. The molecule has 0 spiro atoms. The molecule has 118 valence electrons. The number of aromatic nitrogens is 4. The van der Waals surface area contributed by atoms with Crippen LogP contribution >= 0.6 is 0 Å². The number of aromatic amines is 1. The molecule has 0 unspecified atom stereocenters. The third-order valence-electron chi connectivity index (χ3n) is 3.22. The summed E-state index contributed by atoms with van der Waals surface area (Å²) in [4.78, 5) is 18.4. The van der Waals surface area contributed by atoms with E-state index in [1.807, 2.05) is 0 Å². The fourth-order valence-corrected chi connectivity index (χ4v) is 2.26. The zero-order valence-electron chi connectivity index (χ0n) is 11.5. The summed E-state index contributed by atoms with van der Waals surface area (Å²) in [6.45, 7) is 0. The lowest BCUT2D eigenvalue weighted by atomic mass is 9.96. The highest BCUT2D eigenvalue weighted by Crippen LogP contribution is 2.34. The Bertz CT molecular complexity index is 852. The first-order valence-electron chi connectivity index (χ1n) is 6.42. The molecular formula is C14H10F3N5O. The first-order valence-corrected chi connectivity index (χ1v) is 6.42. The van der Waals surface area contributed by atoms with Gasteiger partial charge in [-0.15, -0.1) is 13.2 Å². The van der Waals surface area contributed by atoms with Gasteiger partial charge in [-0.3, -0.25) is 4.79 Å². The minimum atomic E-state index is -4.64. The summed E-state index contributed by atoms with van der Waals surface area (Å²) < 4.78 is 38.1. The summed E-state index contributed by atoms with van der Waals surface area (Å²) in [5.41, 5.74) is 6.63. The zero-order valence-corrected chi connectivity index (χ0v) is 11.5. The number of hydrogen-bond donors (Lipinski definition) is 2. The molecule has 0 saturated carbocycles. The van der Waals surface area contributed by atoms with Crippen molar-refractivity contribution in [3.8, 4) is 22.5 Å². The van der Waals surface area contributed by atoms with Crippen molar-refractivity contribution in [1.29, 1.82) is 0 Å². The Balaban J connectivity index is 2.24. The smallest absolute Gasteiger partial charge is 0.366 e. The van der Waals surface area contributed by atoms with Crippen LogP contribution in [0.1, 0.15) is 10.4 Å². The van der Waals surface area contributed by atoms with Crippen molar-refractivity contribution in [1.82, 2.24) is 19.7 Å². The van der Waals surface area contributed by atoms with Crippen LogP contribution in [0, 0.1) is 0 Å². The van der Waals surface area contributed by atoms with Gasteiger partial charge in [-0.05, 0) is 12.1 Å². The van der Waals surface area contributed by atoms with Crippen molar-refractivity contribution in [2.75, 3.05) is 0 Å². The first-order chi connectivity index (χ1) is 10.9. The molecule has 0 fully saturated rings. The van der Waals surface area contributed by atoms with Crippen LogP contribution in [0.4, 0.5) is 13.2 Å².